The van der Waals surface area contributed by atoms with Crippen molar-refractivity contribution in [2.45, 2.75) is 61.6 Å². The first-order valence-electron chi connectivity index (χ1n) is 10.5. The number of methoxy groups -OCH3 is 1. The van der Waals surface area contributed by atoms with E-state index in [1.54, 1.807) is 25.2 Å². The minimum absolute atomic E-state index is 0.0401. The third kappa shape index (κ3) is 3.34. The Morgan fingerprint density at radius 1 is 1.12 bits per heavy atom. The lowest BCUT2D eigenvalue weighted by Gasteiger charge is -2.53. The molecule has 4 rings (SSSR count). The van der Waals surface area contributed by atoms with Crippen molar-refractivity contribution in [2.75, 3.05) is 14.2 Å². The van der Waals surface area contributed by atoms with E-state index in [0.29, 0.717) is 12.8 Å². The molecule has 2 bridgehead atoms. The third-order valence-corrected chi connectivity index (χ3v) is 6.64. The summed E-state index contributed by atoms with van der Waals surface area (Å²) in [5, 5.41) is 0. The van der Waals surface area contributed by atoms with Gasteiger partial charge in [0.15, 0.2) is 0 Å². The van der Waals surface area contributed by atoms with Gasteiger partial charge in [0.2, 0.25) is 0 Å². The molecule has 0 spiro atoms. The monoisotopic (exact) mass is 446 g/mol. The highest BCUT2D eigenvalue weighted by Crippen LogP contribution is 2.52. The molecule has 10 nitrogen and oxygen atoms in total. The molecule has 172 valence electrons. The van der Waals surface area contributed by atoms with E-state index in [0.717, 1.165) is 7.11 Å². The van der Waals surface area contributed by atoms with Crippen molar-refractivity contribution in [3.8, 4) is 0 Å². The highest BCUT2D eigenvalue weighted by atomic mass is 16.8. The van der Waals surface area contributed by atoms with Crippen molar-refractivity contribution in [1.82, 2.24) is 4.90 Å². The van der Waals surface area contributed by atoms with Crippen LogP contribution in [0.25, 0.3) is 0 Å². The maximum absolute atomic E-state index is 13.4. The van der Waals surface area contributed by atoms with Crippen molar-refractivity contribution < 1.29 is 38.1 Å². The van der Waals surface area contributed by atoms with E-state index in [2.05, 4.69) is 0 Å². The molecule has 3 saturated heterocycles. The zero-order chi connectivity index (χ0) is 23.1. The second-order valence-corrected chi connectivity index (χ2v) is 8.39. The van der Waals surface area contributed by atoms with Crippen LogP contribution in [0, 0.1) is 0 Å². The number of hydrogen-bond donors (Lipinski definition) is 1. The van der Waals surface area contributed by atoms with Gasteiger partial charge < -0.3 is 24.7 Å². The maximum atomic E-state index is 13.4. The van der Waals surface area contributed by atoms with Crippen molar-refractivity contribution >= 4 is 23.9 Å². The lowest BCUT2D eigenvalue weighted by Crippen LogP contribution is -2.76. The van der Waals surface area contributed by atoms with E-state index < -0.39 is 47.3 Å². The Kier molecular flexibility index (Phi) is 5.68. The summed E-state index contributed by atoms with van der Waals surface area (Å²) < 4.78 is 22.4. The number of hydrogen-bond acceptors (Lipinski definition) is 10. The predicted octanol–water partition coefficient (Wildman–Crippen LogP) is 0.526. The van der Waals surface area contributed by atoms with Crippen molar-refractivity contribution in [3.63, 3.8) is 0 Å². The molecular formula is C22H26N2O8. The van der Waals surface area contributed by atoms with E-state index >= 15 is 0 Å². The summed E-state index contributed by atoms with van der Waals surface area (Å²) in [6, 6.07) is 5.99. The van der Waals surface area contributed by atoms with E-state index in [9.17, 15) is 19.2 Å². The Morgan fingerprint density at radius 2 is 1.84 bits per heavy atom. The van der Waals surface area contributed by atoms with Gasteiger partial charge in [-0.25, -0.2) is 9.59 Å². The molecule has 3 aliphatic rings. The summed E-state index contributed by atoms with van der Waals surface area (Å²) in [7, 11) is 2.91. The Labute approximate surface area is 184 Å². The largest absolute Gasteiger partial charge is 0.466 e. The molecule has 0 aliphatic carbocycles. The lowest BCUT2D eigenvalue weighted by molar-refractivity contribution is -0.314. The van der Waals surface area contributed by atoms with Crippen molar-refractivity contribution in [2.24, 2.45) is 5.73 Å². The Morgan fingerprint density at radius 3 is 2.53 bits per heavy atom. The molecule has 5 atom stereocenters. The first kappa shape index (κ1) is 22.2. The SMILES string of the molecule is COC(=O)[C@]12OC(=O)[C@H](N)CCC(=O)O[C@]1(OC(=O)c1ccccc1)C[C@H]1CC[C@@H]2N1C. The summed E-state index contributed by atoms with van der Waals surface area (Å²) in [4.78, 5) is 54.1. The van der Waals surface area contributed by atoms with Gasteiger partial charge in [-0.1, -0.05) is 18.2 Å². The number of nitrogens with two attached hydrogens (primary N) is 1. The van der Waals surface area contributed by atoms with Crippen LogP contribution in [-0.4, -0.2) is 72.4 Å². The number of carbonyl (C=O) groups is 4. The molecule has 0 radical (unpaired) electrons. The Bertz CT molecular complexity index is 937. The zero-order valence-corrected chi connectivity index (χ0v) is 17.9. The minimum Gasteiger partial charge on any atom is -0.466 e. The Hall–Kier alpha value is -2.98. The third-order valence-electron chi connectivity index (χ3n) is 6.64. The average molecular weight is 446 g/mol. The number of esters is 4. The number of ether oxygens (including phenoxy) is 4. The number of nitrogens with zero attached hydrogens (tertiary/aromatic N) is 1. The summed E-state index contributed by atoms with van der Waals surface area (Å²) in [5.41, 5.74) is 3.87. The van der Waals surface area contributed by atoms with Crippen LogP contribution in [0.15, 0.2) is 30.3 Å². The van der Waals surface area contributed by atoms with Crippen molar-refractivity contribution in [3.05, 3.63) is 35.9 Å². The van der Waals surface area contributed by atoms with Gasteiger partial charge in [-0.2, -0.15) is 0 Å². The predicted molar refractivity (Wildman–Crippen MR) is 108 cm³/mol. The highest BCUT2D eigenvalue weighted by molar-refractivity contribution is 5.92. The van der Waals surface area contributed by atoms with Crippen LogP contribution in [0.5, 0.6) is 0 Å². The van der Waals surface area contributed by atoms with Crippen LogP contribution < -0.4 is 5.73 Å². The molecule has 0 unspecified atom stereocenters. The highest BCUT2D eigenvalue weighted by Gasteiger charge is 2.76. The number of piperidine rings is 1. The fraction of sp³-hybridized carbons (Fsp3) is 0.545. The van der Waals surface area contributed by atoms with E-state index in [-0.39, 0.29) is 30.9 Å². The van der Waals surface area contributed by atoms with Gasteiger partial charge in [0.25, 0.3) is 5.60 Å². The van der Waals surface area contributed by atoms with Gasteiger partial charge >= 0.3 is 29.7 Å². The van der Waals surface area contributed by atoms with Crippen LogP contribution in [0.3, 0.4) is 0 Å². The molecular weight excluding hydrogens is 420 g/mol. The normalized spacial score (nSPS) is 34.8. The summed E-state index contributed by atoms with van der Waals surface area (Å²) in [5.74, 6) is -5.66. The molecule has 1 aromatic carbocycles. The molecule has 0 amide bonds. The molecule has 0 aromatic heterocycles. The standard InChI is InChI=1S/C22H26N2O8/c1-24-14-8-10-16(24)22(20(28)29-2)21(12-14,31-18(26)13-6-4-3-5-7-13)30-17(25)11-9-15(23)19(27)32-22/h3-7,14-16H,8-12,23H2,1-2H3/t14-,15-,16+,21+,22+/m1/s1. The van der Waals surface area contributed by atoms with Gasteiger partial charge in [0.1, 0.15) is 6.04 Å². The van der Waals surface area contributed by atoms with Crippen LogP contribution in [-0.2, 0) is 33.3 Å². The first-order chi connectivity index (χ1) is 15.2. The second kappa shape index (κ2) is 8.18. The molecule has 3 aliphatic heterocycles. The van der Waals surface area contributed by atoms with Crippen molar-refractivity contribution in [1.29, 1.82) is 0 Å². The molecule has 0 saturated carbocycles. The first-order valence-corrected chi connectivity index (χ1v) is 10.5. The fourth-order valence-electron chi connectivity index (χ4n) is 4.99. The maximum Gasteiger partial charge on any atom is 0.360 e. The van der Waals surface area contributed by atoms with Gasteiger partial charge in [0, 0.05) is 18.9 Å². The molecule has 1 aromatic rings. The van der Waals surface area contributed by atoms with Crippen LogP contribution in [0.4, 0.5) is 0 Å². The molecule has 3 fully saturated rings. The number of rotatable bonds is 3. The lowest BCUT2D eigenvalue weighted by atomic mass is 9.78. The number of fused-ring (bicyclic) bond motifs is 4. The zero-order valence-electron chi connectivity index (χ0n) is 17.9. The summed E-state index contributed by atoms with van der Waals surface area (Å²) in [6.45, 7) is 0. The molecule has 10 heteroatoms. The quantitative estimate of drug-likeness (QED) is 0.517. The summed E-state index contributed by atoms with van der Waals surface area (Å²) in [6.07, 6.45) is 0.736. The van der Waals surface area contributed by atoms with Crippen LogP contribution in [0.1, 0.15) is 42.5 Å². The van der Waals surface area contributed by atoms with Gasteiger partial charge in [-0.05, 0) is 38.4 Å². The molecule has 3 heterocycles. The number of likely N-dealkylation sites (N-methyl/N-ethyl adjacent to an activating group) is 1. The molecule has 2 N–H and O–H groups in total. The average Bonchev–Trinajstić information content (AvgIpc) is 3.08. The van der Waals surface area contributed by atoms with Crippen LogP contribution in [0.2, 0.25) is 0 Å². The van der Waals surface area contributed by atoms with Gasteiger partial charge in [-0.15, -0.1) is 0 Å². The topological polar surface area (TPSA) is 134 Å². The summed E-state index contributed by atoms with van der Waals surface area (Å²) >= 11 is 0. The van der Waals surface area contributed by atoms with Gasteiger partial charge in [-0.3, -0.25) is 14.5 Å². The van der Waals surface area contributed by atoms with E-state index in [4.69, 9.17) is 24.7 Å². The minimum atomic E-state index is -2.23. The number of carbonyl (C=O) groups excluding carboxylic acids is 4. The van der Waals surface area contributed by atoms with E-state index in [1.807, 2.05) is 4.90 Å². The fourth-order valence-corrected chi connectivity index (χ4v) is 4.99. The van der Waals surface area contributed by atoms with Crippen LogP contribution >= 0.6 is 0 Å². The number of benzene rings is 1. The molecule has 32 heavy (non-hydrogen) atoms. The van der Waals surface area contributed by atoms with Gasteiger partial charge in [0.05, 0.1) is 18.7 Å². The smallest absolute Gasteiger partial charge is 0.360 e. The Balaban J connectivity index is 1.90. The van der Waals surface area contributed by atoms with E-state index in [1.165, 1.54) is 12.1 Å². The second-order valence-electron chi connectivity index (χ2n) is 8.39.